The quantitative estimate of drug-likeness (QED) is 0.443. The van der Waals surface area contributed by atoms with Gasteiger partial charge in [0.15, 0.2) is 11.6 Å². The molecule has 0 spiro atoms. The van der Waals surface area contributed by atoms with Crippen LogP contribution in [0.5, 0.6) is 5.75 Å². The molecule has 0 N–H and O–H groups in total. The minimum absolute atomic E-state index is 0.0624. The Bertz CT molecular complexity index is 1260. The zero-order valence-electron chi connectivity index (χ0n) is 18.6. The van der Waals surface area contributed by atoms with Crippen molar-refractivity contribution in [2.45, 2.75) is 46.3 Å². The lowest BCUT2D eigenvalue weighted by atomic mass is 9.95. The molecule has 3 heterocycles. The van der Waals surface area contributed by atoms with Crippen LogP contribution in [0.25, 0.3) is 17.1 Å². The van der Waals surface area contributed by atoms with Crippen LogP contribution in [0.15, 0.2) is 66.1 Å². The van der Waals surface area contributed by atoms with E-state index in [-0.39, 0.29) is 17.5 Å². The highest BCUT2D eigenvalue weighted by Gasteiger charge is 2.16. The molecule has 1 aromatic carbocycles. The predicted octanol–water partition coefficient (Wildman–Crippen LogP) is 3.84. The zero-order valence-corrected chi connectivity index (χ0v) is 18.6. The summed E-state index contributed by atoms with van der Waals surface area (Å²) in [4.78, 5) is 21.5. The SMILES string of the molecule is CCn1cc(-n2ccc(=O)c(C(C)c3cccc(-c4ncc(OC(C)C)cn4)c3)n2)cn1. The van der Waals surface area contributed by atoms with Crippen molar-refractivity contribution in [1.29, 1.82) is 0 Å². The van der Waals surface area contributed by atoms with E-state index in [1.54, 1.807) is 35.5 Å². The third-order valence-electron chi connectivity index (χ3n) is 5.10. The molecule has 1 atom stereocenters. The highest BCUT2D eigenvalue weighted by Crippen LogP contribution is 2.25. The third-order valence-corrected chi connectivity index (χ3v) is 5.10. The number of aryl methyl sites for hydroxylation is 1. The van der Waals surface area contributed by atoms with Crippen LogP contribution in [-0.4, -0.2) is 35.6 Å². The highest BCUT2D eigenvalue weighted by atomic mass is 16.5. The molecule has 4 rings (SSSR count). The molecule has 8 nitrogen and oxygen atoms in total. The minimum Gasteiger partial charge on any atom is -0.488 e. The van der Waals surface area contributed by atoms with Gasteiger partial charge < -0.3 is 4.74 Å². The molecule has 0 bridgehead atoms. The van der Waals surface area contributed by atoms with Gasteiger partial charge in [-0.2, -0.15) is 10.2 Å². The Balaban J connectivity index is 1.63. The molecule has 0 aliphatic carbocycles. The molecular weight excluding hydrogens is 404 g/mol. The first-order valence-electron chi connectivity index (χ1n) is 10.7. The molecule has 8 heteroatoms. The normalized spacial score (nSPS) is 12.2. The van der Waals surface area contributed by atoms with E-state index in [0.29, 0.717) is 17.3 Å². The smallest absolute Gasteiger partial charge is 0.203 e. The molecule has 0 aliphatic heterocycles. The average molecular weight is 431 g/mol. The molecule has 3 aromatic heterocycles. The zero-order chi connectivity index (χ0) is 22.7. The van der Waals surface area contributed by atoms with Crippen LogP contribution in [0.2, 0.25) is 0 Å². The minimum atomic E-state index is -0.209. The summed E-state index contributed by atoms with van der Waals surface area (Å²) in [6.45, 7) is 8.68. The Labute approximate surface area is 186 Å². The second kappa shape index (κ2) is 9.13. The van der Waals surface area contributed by atoms with Gasteiger partial charge in [-0.15, -0.1) is 0 Å². The number of ether oxygens (including phenoxy) is 1. The maximum absolute atomic E-state index is 12.6. The highest BCUT2D eigenvalue weighted by molar-refractivity contribution is 5.57. The lowest BCUT2D eigenvalue weighted by Gasteiger charge is -2.14. The van der Waals surface area contributed by atoms with E-state index in [1.165, 1.54) is 0 Å². The van der Waals surface area contributed by atoms with Gasteiger partial charge in [0.1, 0.15) is 11.4 Å². The number of nitrogens with zero attached hydrogens (tertiary/aromatic N) is 6. The van der Waals surface area contributed by atoms with Crippen LogP contribution in [0.4, 0.5) is 0 Å². The summed E-state index contributed by atoms with van der Waals surface area (Å²) in [5, 5.41) is 8.90. The standard InChI is InChI=1S/C24H26N6O2/c1-5-29-15-20(12-27-29)30-10-9-22(31)23(28-30)17(4)18-7-6-8-19(11-18)24-25-13-21(14-26-24)32-16(2)3/h6-17H,5H2,1-4H3. The largest absolute Gasteiger partial charge is 0.488 e. The van der Waals surface area contributed by atoms with Crippen LogP contribution in [-0.2, 0) is 6.54 Å². The second-order valence-electron chi connectivity index (χ2n) is 7.82. The van der Waals surface area contributed by atoms with Gasteiger partial charge >= 0.3 is 0 Å². The fourth-order valence-corrected chi connectivity index (χ4v) is 3.41. The van der Waals surface area contributed by atoms with Crippen molar-refractivity contribution < 1.29 is 4.74 Å². The van der Waals surface area contributed by atoms with E-state index in [1.807, 2.05) is 62.8 Å². The van der Waals surface area contributed by atoms with Gasteiger partial charge in [0.05, 0.1) is 30.9 Å². The summed E-state index contributed by atoms with van der Waals surface area (Å²) < 4.78 is 9.12. The first kappa shape index (κ1) is 21.4. The van der Waals surface area contributed by atoms with Crippen molar-refractivity contribution in [3.05, 3.63) is 82.8 Å². The number of hydrogen-bond acceptors (Lipinski definition) is 6. The summed E-state index contributed by atoms with van der Waals surface area (Å²) >= 11 is 0. The number of benzene rings is 1. The molecule has 0 saturated carbocycles. The van der Waals surface area contributed by atoms with E-state index < -0.39 is 0 Å². The number of aromatic nitrogens is 6. The molecule has 4 aromatic rings. The van der Waals surface area contributed by atoms with Gasteiger partial charge in [-0.25, -0.2) is 14.6 Å². The van der Waals surface area contributed by atoms with Crippen LogP contribution < -0.4 is 10.2 Å². The molecular formula is C24H26N6O2. The Morgan fingerprint density at radius 2 is 1.84 bits per heavy atom. The Kier molecular flexibility index (Phi) is 6.11. The number of hydrogen-bond donors (Lipinski definition) is 0. The van der Waals surface area contributed by atoms with Gasteiger partial charge in [-0.3, -0.25) is 9.48 Å². The number of rotatable bonds is 7. The van der Waals surface area contributed by atoms with E-state index in [4.69, 9.17) is 4.74 Å². The van der Waals surface area contributed by atoms with Crippen molar-refractivity contribution in [2.75, 3.05) is 0 Å². The summed E-state index contributed by atoms with van der Waals surface area (Å²) in [6, 6.07) is 9.41. The molecule has 0 amide bonds. The van der Waals surface area contributed by atoms with E-state index in [2.05, 4.69) is 20.2 Å². The molecule has 164 valence electrons. The molecule has 0 saturated heterocycles. The first-order chi connectivity index (χ1) is 15.4. The van der Waals surface area contributed by atoms with Gasteiger partial charge in [0.25, 0.3) is 0 Å². The van der Waals surface area contributed by atoms with Crippen LogP contribution in [0, 0.1) is 0 Å². The molecule has 1 unspecified atom stereocenters. The summed E-state index contributed by atoms with van der Waals surface area (Å²) in [5.41, 5.74) is 3.00. The predicted molar refractivity (Wildman–Crippen MR) is 122 cm³/mol. The fraction of sp³-hybridized carbons (Fsp3) is 0.292. The van der Waals surface area contributed by atoms with Gasteiger partial charge in [0.2, 0.25) is 5.43 Å². The topological polar surface area (TPSA) is 87.7 Å². The molecule has 0 fully saturated rings. The molecule has 0 radical (unpaired) electrons. The summed E-state index contributed by atoms with van der Waals surface area (Å²) in [6.07, 6.45) is 8.71. The van der Waals surface area contributed by atoms with Crippen molar-refractivity contribution in [1.82, 2.24) is 29.5 Å². The van der Waals surface area contributed by atoms with Crippen LogP contribution in [0.3, 0.4) is 0 Å². The molecule has 32 heavy (non-hydrogen) atoms. The first-order valence-corrected chi connectivity index (χ1v) is 10.7. The van der Waals surface area contributed by atoms with Gasteiger partial charge in [-0.05, 0) is 32.4 Å². The third kappa shape index (κ3) is 4.59. The summed E-state index contributed by atoms with van der Waals surface area (Å²) in [5.74, 6) is 1.02. The fourth-order valence-electron chi connectivity index (χ4n) is 3.41. The van der Waals surface area contributed by atoms with E-state index in [0.717, 1.165) is 23.4 Å². The monoisotopic (exact) mass is 430 g/mol. The van der Waals surface area contributed by atoms with E-state index >= 15 is 0 Å². The van der Waals surface area contributed by atoms with Crippen molar-refractivity contribution >= 4 is 0 Å². The molecule has 0 aliphatic rings. The lowest BCUT2D eigenvalue weighted by Crippen LogP contribution is -2.18. The summed E-state index contributed by atoms with van der Waals surface area (Å²) in [7, 11) is 0. The van der Waals surface area contributed by atoms with Gasteiger partial charge in [-0.1, -0.05) is 25.1 Å². The lowest BCUT2D eigenvalue weighted by molar-refractivity contribution is 0.240. The van der Waals surface area contributed by atoms with Crippen LogP contribution >= 0.6 is 0 Å². The Morgan fingerprint density at radius 3 is 2.53 bits per heavy atom. The second-order valence-corrected chi connectivity index (χ2v) is 7.82. The maximum atomic E-state index is 12.6. The van der Waals surface area contributed by atoms with Crippen molar-refractivity contribution in [3.63, 3.8) is 0 Å². The van der Waals surface area contributed by atoms with Crippen molar-refractivity contribution in [2.24, 2.45) is 0 Å². The van der Waals surface area contributed by atoms with Crippen LogP contribution in [0.1, 0.15) is 44.9 Å². The Hall–Kier alpha value is -3.81. The van der Waals surface area contributed by atoms with E-state index in [9.17, 15) is 4.79 Å². The van der Waals surface area contributed by atoms with Gasteiger partial charge in [0, 0.05) is 30.3 Å². The Morgan fingerprint density at radius 1 is 1.06 bits per heavy atom. The van der Waals surface area contributed by atoms with Crippen molar-refractivity contribution in [3.8, 4) is 22.8 Å². The average Bonchev–Trinajstić information content (AvgIpc) is 3.28. The maximum Gasteiger partial charge on any atom is 0.203 e.